The average Bonchev–Trinajstić information content (AvgIpc) is 2.49. The highest BCUT2D eigenvalue weighted by Crippen LogP contribution is 2.23. The van der Waals surface area contributed by atoms with Crippen LogP contribution in [-0.4, -0.2) is 21.1 Å². The van der Waals surface area contributed by atoms with Crippen LogP contribution in [0.5, 0.6) is 0 Å². The quantitative estimate of drug-likeness (QED) is 0.677. The number of carbonyl (C=O) groups is 1. The van der Waals surface area contributed by atoms with E-state index in [2.05, 4.69) is 22.2 Å². The lowest BCUT2D eigenvalue weighted by Gasteiger charge is -2.14. The molecule has 1 unspecified atom stereocenters. The summed E-state index contributed by atoms with van der Waals surface area (Å²) >= 11 is 1.39. The third kappa shape index (κ3) is 4.29. The van der Waals surface area contributed by atoms with Crippen molar-refractivity contribution in [1.82, 2.24) is 9.97 Å². The number of nitrogens with one attached hydrogen (secondary N) is 1. The first kappa shape index (κ1) is 15.5. The van der Waals surface area contributed by atoms with Crippen molar-refractivity contribution < 1.29 is 4.79 Å². The summed E-state index contributed by atoms with van der Waals surface area (Å²) in [5, 5.41) is 3.39. The Morgan fingerprint density at radius 3 is 2.57 bits per heavy atom. The van der Waals surface area contributed by atoms with Gasteiger partial charge in [-0.3, -0.25) is 4.79 Å². The third-order valence-corrected chi connectivity index (χ3v) is 4.48. The lowest BCUT2D eigenvalue weighted by atomic mass is 10.1. The van der Waals surface area contributed by atoms with Crippen LogP contribution in [0.4, 0.5) is 5.69 Å². The third-order valence-electron chi connectivity index (χ3n) is 3.23. The number of carbonyl (C=O) groups excluding carboxylic acids is 1. The van der Waals surface area contributed by atoms with Gasteiger partial charge in [0.05, 0.1) is 5.25 Å². The molecule has 1 N–H and O–H groups in total. The van der Waals surface area contributed by atoms with Crippen molar-refractivity contribution in [2.24, 2.45) is 0 Å². The van der Waals surface area contributed by atoms with Crippen LogP contribution in [0.1, 0.15) is 24.5 Å². The molecule has 4 nitrogen and oxygen atoms in total. The zero-order valence-electron chi connectivity index (χ0n) is 12.5. The summed E-state index contributed by atoms with van der Waals surface area (Å²) in [6, 6.07) is 7.69. The van der Waals surface area contributed by atoms with Gasteiger partial charge in [-0.25, -0.2) is 9.97 Å². The minimum Gasteiger partial charge on any atom is -0.325 e. The minimum atomic E-state index is -0.200. The van der Waals surface area contributed by atoms with Gasteiger partial charge in [0, 0.05) is 18.1 Å². The Bertz CT molecular complexity index is 616. The molecular formula is C16H19N3OS. The number of aromatic nitrogens is 2. The lowest BCUT2D eigenvalue weighted by Crippen LogP contribution is -2.24. The molecule has 0 bridgehead atoms. The molecular weight excluding hydrogens is 282 g/mol. The first-order valence-electron chi connectivity index (χ1n) is 6.92. The Labute approximate surface area is 129 Å². The number of thioether (sulfide) groups is 1. The molecule has 0 aliphatic heterocycles. The number of nitrogens with zero attached hydrogens (tertiary/aromatic N) is 2. The Kier molecular flexibility index (Phi) is 5.33. The van der Waals surface area contributed by atoms with Crippen LogP contribution >= 0.6 is 11.8 Å². The molecule has 2 aromatic rings. The molecule has 0 saturated carbocycles. The molecule has 1 heterocycles. The average molecular weight is 301 g/mol. The molecule has 0 radical (unpaired) electrons. The summed E-state index contributed by atoms with van der Waals surface area (Å²) in [6.45, 7) is 6.08. The van der Waals surface area contributed by atoms with Crippen molar-refractivity contribution in [2.45, 2.75) is 37.6 Å². The van der Waals surface area contributed by atoms with E-state index in [1.165, 1.54) is 22.9 Å². The highest BCUT2D eigenvalue weighted by molar-refractivity contribution is 8.00. The van der Waals surface area contributed by atoms with Crippen molar-refractivity contribution in [3.63, 3.8) is 0 Å². The molecule has 21 heavy (non-hydrogen) atoms. The number of hydrogen-bond donors (Lipinski definition) is 1. The van der Waals surface area contributed by atoms with Gasteiger partial charge in [0.2, 0.25) is 5.91 Å². The van der Waals surface area contributed by atoms with Gasteiger partial charge in [-0.2, -0.15) is 0 Å². The Morgan fingerprint density at radius 1 is 1.24 bits per heavy atom. The molecule has 1 amide bonds. The highest BCUT2D eigenvalue weighted by atomic mass is 32.2. The van der Waals surface area contributed by atoms with E-state index in [1.54, 1.807) is 18.5 Å². The van der Waals surface area contributed by atoms with Crippen LogP contribution in [0.2, 0.25) is 0 Å². The largest absolute Gasteiger partial charge is 0.325 e. The maximum absolute atomic E-state index is 12.4. The normalized spacial score (nSPS) is 12.0. The molecule has 1 aromatic heterocycles. The van der Waals surface area contributed by atoms with Crippen LogP contribution in [0, 0.1) is 13.8 Å². The van der Waals surface area contributed by atoms with Gasteiger partial charge >= 0.3 is 0 Å². The summed E-state index contributed by atoms with van der Waals surface area (Å²) in [5.74, 6) is -0.0155. The van der Waals surface area contributed by atoms with E-state index in [1.807, 2.05) is 32.0 Å². The monoisotopic (exact) mass is 301 g/mol. The van der Waals surface area contributed by atoms with Crippen LogP contribution < -0.4 is 5.32 Å². The van der Waals surface area contributed by atoms with Crippen LogP contribution in [-0.2, 0) is 4.79 Å². The van der Waals surface area contributed by atoms with Crippen LogP contribution in [0.25, 0.3) is 0 Å². The van der Waals surface area contributed by atoms with Crippen molar-refractivity contribution in [1.29, 1.82) is 0 Å². The molecule has 0 spiro atoms. The molecule has 0 saturated heterocycles. The summed E-state index contributed by atoms with van der Waals surface area (Å²) in [5.41, 5.74) is 3.21. The van der Waals surface area contributed by atoms with Crippen molar-refractivity contribution in [3.05, 3.63) is 47.8 Å². The van der Waals surface area contributed by atoms with Gasteiger partial charge in [-0.05, 0) is 49.6 Å². The van der Waals surface area contributed by atoms with Gasteiger partial charge in [0.1, 0.15) is 0 Å². The van der Waals surface area contributed by atoms with E-state index < -0.39 is 0 Å². The zero-order valence-corrected chi connectivity index (χ0v) is 13.3. The van der Waals surface area contributed by atoms with E-state index in [9.17, 15) is 4.79 Å². The van der Waals surface area contributed by atoms with E-state index in [-0.39, 0.29) is 11.2 Å². The molecule has 5 heteroatoms. The van der Waals surface area contributed by atoms with Crippen molar-refractivity contribution in [3.8, 4) is 0 Å². The second-order valence-electron chi connectivity index (χ2n) is 4.83. The maximum Gasteiger partial charge on any atom is 0.237 e. The fraction of sp³-hybridized carbons (Fsp3) is 0.312. The topological polar surface area (TPSA) is 54.9 Å². The fourth-order valence-electron chi connectivity index (χ4n) is 1.84. The van der Waals surface area contributed by atoms with Crippen molar-refractivity contribution in [2.75, 3.05) is 5.32 Å². The number of amides is 1. The number of anilines is 1. The number of aryl methyl sites for hydroxylation is 2. The first-order chi connectivity index (χ1) is 10.1. The standard InChI is InChI=1S/C16H19N3OS/c1-4-14(21-16-17-8-5-9-18-16)15(20)19-13-7-6-11(2)12(3)10-13/h5-10,14H,4H2,1-3H3,(H,19,20). The highest BCUT2D eigenvalue weighted by Gasteiger charge is 2.19. The lowest BCUT2D eigenvalue weighted by molar-refractivity contribution is -0.115. The summed E-state index contributed by atoms with van der Waals surface area (Å²) < 4.78 is 0. The van der Waals surface area contributed by atoms with Crippen LogP contribution in [0.3, 0.4) is 0 Å². The second kappa shape index (κ2) is 7.22. The molecule has 2 rings (SSSR count). The Hall–Kier alpha value is -1.88. The SMILES string of the molecule is CCC(Sc1ncccn1)C(=O)Nc1ccc(C)c(C)c1. The number of rotatable bonds is 5. The summed E-state index contributed by atoms with van der Waals surface area (Å²) in [7, 11) is 0. The predicted octanol–water partition coefficient (Wildman–Crippen LogP) is 3.60. The first-order valence-corrected chi connectivity index (χ1v) is 7.80. The minimum absolute atomic E-state index is 0.0155. The molecule has 0 fully saturated rings. The number of benzene rings is 1. The number of hydrogen-bond acceptors (Lipinski definition) is 4. The van der Waals surface area contributed by atoms with Gasteiger partial charge in [-0.15, -0.1) is 0 Å². The Morgan fingerprint density at radius 2 is 1.95 bits per heavy atom. The van der Waals surface area contributed by atoms with E-state index >= 15 is 0 Å². The van der Waals surface area contributed by atoms with E-state index in [4.69, 9.17) is 0 Å². The van der Waals surface area contributed by atoms with Crippen LogP contribution in [0.15, 0.2) is 41.8 Å². The maximum atomic E-state index is 12.4. The fourth-order valence-corrected chi connectivity index (χ4v) is 2.67. The summed E-state index contributed by atoms with van der Waals surface area (Å²) in [6.07, 6.45) is 4.09. The molecule has 1 atom stereocenters. The molecule has 1 aromatic carbocycles. The van der Waals surface area contributed by atoms with Gasteiger partial charge in [0.15, 0.2) is 5.16 Å². The molecule has 110 valence electrons. The van der Waals surface area contributed by atoms with E-state index in [0.29, 0.717) is 5.16 Å². The zero-order chi connectivity index (χ0) is 15.2. The van der Waals surface area contributed by atoms with E-state index in [0.717, 1.165) is 12.1 Å². The Balaban J connectivity index is 2.04. The van der Waals surface area contributed by atoms with Gasteiger partial charge < -0.3 is 5.32 Å². The summed E-state index contributed by atoms with van der Waals surface area (Å²) in [4.78, 5) is 20.7. The molecule has 0 aliphatic rings. The second-order valence-corrected chi connectivity index (χ2v) is 6.00. The van der Waals surface area contributed by atoms with Crippen molar-refractivity contribution >= 4 is 23.4 Å². The van der Waals surface area contributed by atoms with Gasteiger partial charge in [-0.1, -0.05) is 24.8 Å². The smallest absolute Gasteiger partial charge is 0.237 e. The molecule has 0 aliphatic carbocycles. The predicted molar refractivity (Wildman–Crippen MR) is 86.5 cm³/mol. The van der Waals surface area contributed by atoms with Gasteiger partial charge in [0.25, 0.3) is 0 Å².